The van der Waals surface area contributed by atoms with Gasteiger partial charge in [0, 0.05) is 5.69 Å². The van der Waals surface area contributed by atoms with Gasteiger partial charge in [-0.05, 0) is 37.1 Å². The second kappa shape index (κ2) is 5.22. The highest BCUT2D eigenvalue weighted by Gasteiger charge is 2.22. The molecule has 3 aromatic rings. The Bertz CT molecular complexity index is 919. The Morgan fingerprint density at radius 3 is 2.23 bits per heavy atom. The van der Waals surface area contributed by atoms with E-state index in [1.807, 2.05) is 19.1 Å². The Labute approximate surface area is 126 Å². The fourth-order valence-electron chi connectivity index (χ4n) is 2.32. The highest BCUT2D eigenvalue weighted by Crippen LogP contribution is 2.27. The molecule has 0 amide bonds. The zero-order chi connectivity index (χ0) is 15.9. The minimum absolute atomic E-state index is 0.220. The third-order valence-corrected chi connectivity index (χ3v) is 3.69. The van der Waals surface area contributed by atoms with Gasteiger partial charge >= 0.3 is 0 Å². The molecule has 0 heterocycles. The van der Waals surface area contributed by atoms with Gasteiger partial charge in [0.1, 0.15) is 11.5 Å². The predicted molar refractivity (Wildman–Crippen MR) is 85.9 cm³/mol. The van der Waals surface area contributed by atoms with Gasteiger partial charge in [0.05, 0.1) is 5.56 Å². The Morgan fingerprint density at radius 1 is 0.909 bits per heavy atom. The number of rotatable bonds is 3. The van der Waals surface area contributed by atoms with Gasteiger partial charge in [0.2, 0.25) is 5.43 Å². The van der Waals surface area contributed by atoms with E-state index >= 15 is 0 Å². The Kier molecular flexibility index (Phi) is 3.37. The SMILES string of the molecule is Cc1ccc(-c2c(Nc3ccc(C)c(F)c3)c(=O)c2=O)cc1. The third kappa shape index (κ3) is 2.33. The van der Waals surface area contributed by atoms with Crippen LogP contribution in [0.15, 0.2) is 52.1 Å². The molecule has 3 rings (SSSR count). The van der Waals surface area contributed by atoms with Gasteiger partial charge in [-0.25, -0.2) is 4.39 Å². The lowest BCUT2D eigenvalue weighted by atomic mass is 9.97. The molecule has 0 fully saturated rings. The molecular weight excluding hydrogens is 281 g/mol. The van der Waals surface area contributed by atoms with Crippen LogP contribution in [0.25, 0.3) is 11.1 Å². The summed E-state index contributed by atoms with van der Waals surface area (Å²) in [5.41, 5.74) is 2.21. The highest BCUT2D eigenvalue weighted by atomic mass is 19.1. The van der Waals surface area contributed by atoms with Gasteiger partial charge < -0.3 is 5.32 Å². The first-order valence-corrected chi connectivity index (χ1v) is 6.91. The van der Waals surface area contributed by atoms with Crippen molar-refractivity contribution in [2.24, 2.45) is 0 Å². The smallest absolute Gasteiger partial charge is 0.250 e. The fraction of sp³-hybridized carbons (Fsp3) is 0.111. The van der Waals surface area contributed by atoms with Gasteiger partial charge in [0.25, 0.3) is 5.43 Å². The van der Waals surface area contributed by atoms with Crippen LogP contribution in [0.1, 0.15) is 11.1 Å². The van der Waals surface area contributed by atoms with E-state index in [4.69, 9.17) is 0 Å². The van der Waals surface area contributed by atoms with Crippen LogP contribution in [0.4, 0.5) is 15.8 Å². The topological polar surface area (TPSA) is 46.2 Å². The van der Waals surface area contributed by atoms with Crippen molar-refractivity contribution >= 4 is 11.4 Å². The number of anilines is 2. The summed E-state index contributed by atoms with van der Waals surface area (Å²) in [4.78, 5) is 23.7. The molecule has 0 radical (unpaired) electrons. The van der Waals surface area contributed by atoms with Crippen molar-refractivity contribution in [3.63, 3.8) is 0 Å². The summed E-state index contributed by atoms with van der Waals surface area (Å²) in [6, 6.07) is 12.0. The standard InChI is InChI=1S/C18H14FNO2/c1-10-3-6-12(7-4-10)15-16(18(22)17(15)21)20-13-8-5-11(2)14(19)9-13/h3-9,20H,1-2H3. The molecule has 3 aromatic carbocycles. The Balaban J connectivity index is 2.00. The zero-order valence-electron chi connectivity index (χ0n) is 12.2. The molecule has 3 nitrogen and oxygen atoms in total. The average molecular weight is 295 g/mol. The van der Waals surface area contributed by atoms with Crippen LogP contribution in [-0.4, -0.2) is 0 Å². The normalized spacial score (nSPS) is 10.9. The number of benzene rings is 2. The number of hydrogen-bond acceptors (Lipinski definition) is 3. The van der Waals surface area contributed by atoms with Gasteiger partial charge in [0.15, 0.2) is 0 Å². The third-order valence-electron chi connectivity index (χ3n) is 3.69. The molecule has 22 heavy (non-hydrogen) atoms. The number of halogens is 1. The second-order valence-electron chi connectivity index (χ2n) is 5.36. The van der Waals surface area contributed by atoms with Crippen molar-refractivity contribution in [3.8, 4) is 11.1 Å². The first kappa shape index (κ1) is 14.2. The van der Waals surface area contributed by atoms with E-state index in [1.165, 1.54) is 6.07 Å². The van der Waals surface area contributed by atoms with E-state index in [-0.39, 0.29) is 11.5 Å². The first-order chi connectivity index (χ1) is 10.5. The number of hydrogen-bond donors (Lipinski definition) is 1. The van der Waals surface area contributed by atoms with E-state index in [2.05, 4.69) is 5.32 Å². The zero-order valence-corrected chi connectivity index (χ0v) is 12.2. The maximum absolute atomic E-state index is 13.6. The van der Waals surface area contributed by atoms with Crippen LogP contribution in [-0.2, 0) is 0 Å². The number of aryl methyl sites for hydroxylation is 2. The molecule has 0 spiro atoms. The lowest BCUT2D eigenvalue weighted by Crippen LogP contribution is -2.35. The van der Waals surface area contributed by atoms with E-state index in [0.29, 0.717) is 22.4 Å². The number of nitrogens with one attached hydrogen (secondary N) is 1. The van der Waals surface area contributed by atoms with Gasteiger partial charge in [-0.2, -0.15) is 0 Å². The average Bonchev–Trinajstić information content (AvgIpc) is 2.51. The summed E-state index contributed by atoms with van der Waals surface area (Å²) >= 11 is 0. The summed E-state index contributed by atoms with van der Waals surface area (Å²) < 4.78 is 13.6. The van der Waals surface area contributed by atoms with E-state index < -0.39 is 10.9 Å². The van der Waals surface area contributed by atoms with Crippen molar-refractivity contribution in [1.82, 2.24) is 0 Å². The molecule has 0 unspecified atom stereocenters. The lowest BCUT2D eigenvalue weighted by Gasteiger charge is -2.14. The molecule has 0 aliphatic rings. The fourth-order valence-corrected chi connectivity index (χ4v) is 2.32. The molecular formula is C18H14FNO2. The molecule has 0 aliphatic heterocycles. The van der Waals surface area contributed by atoms with Crippen LogP contribution in [0, 0.1) is 19.7 Å². The second-order valence-corrected chi connectivity index (χ2v) is 5.36. The molecule has 1 N–H and O–H groups in total. The van der Waals surface area contributed by atoms with Crippen molar-refractivity contribution < 1.29 is 4.39 Å². The Hall–Kier alpha value is -2.75. The minimum atomic E-state index is -0.573. The van der Waals surface area contributed by atoms with Crippen LogP contribution in [0.5, 0.6) is 0 Å². The maximum Gasteiger partial charge on any atom is 0.250 e. The van der Waals surface area contributed by atoms with Crippen LogP contribution < -0.4 is 16.2 Å². The summed E-state index contributed by atoms with van der Waals surface area (Å²) in [5.74, 6) is -0.361. The molecule has 0 aromatic heterocycles. The van der Waals surface area contributed by atoms with Crippen molar-refractivity contribution in [2.45, 2.75) is 13.8 Å². The summed E-state index contributed by atoms with van der Waals surface area (Å²) in [6.07, 6.45) is 0. The monoisotopic (exact) mass is 295 g/mol. The molecule has 0 bridgehead atoms. The van der Waals surface area contributed by atoms with Gasteiger partial charge in [-0.1, -0.05) is 35.9 Å². The molecule has 4 heteroatoms. The van der Waals surface area contributed by atoms with Crippen molar-refractivity contribution in [1.29, 1.82) is 0 Å². The van der Waals surface area contributed by atoms with Crippen LogP contribution >= 0.6 is 0 Å². The van der Waals surface area contributed by atoms with Crippen LogP contribution in [0.3, 0.4) is 0 Å². The van der Waals surface area contributed by atoms with Crippen LogP contribution in [0.2, 0.25) is 0 Å². The van der Waals surface area contributed by atoms with Gasteiger partial charge in [-0.15, -0.1) is 0 Å². The summed E-state index contributed by atoms with van der Waals surface area (Å²) in [7, 11) is 0. The largest absolute Gasteiger partial charge is 0.352 e. The lowest BCUT2D eigenvalue weighted by molar-refractivity contribution is 0.619. The summed E-state index contributed by atoms with van der Waals surface area (Å²) in [6.45, 7) is 3.61. The summed E-state index contributed by atoms with van der Waals surface area (Å²) in [5, 5.41) is 2.86. The van der Waals surface area contributed by atoms with E-state index in [1.54, 1.807) is 31.2 Å². The molecule has 0 saturated carbocycles. The predicted octanol–water partition coefficient (Wildman–Crippen LogP) is 3.45. The highest BCUT2D eigenvalue weighted by molar-refractivity contribution is 5.84. The molecule has 0 saturated heterocycles. The molecule has 0 aliphatic carbocycles. The maximum atomic E-state index is 13.6. The van der Waals surface area contributed by atoms with Gasteiger partial charge in [-0.3, -0.25) is 9.59 Å². The van der Waals surface area contributed by atoms with Crippen molar-refractivity contribution in [2.75, 3.05) is 5.32 Å². The van der Waals surface area contributed by atoms with E-state index in [0.717, 1.165) is 5.56 Å². The van der Waals surface area contributed by atoms with Crippen molar-refractivity contribution in [3.05, 3.63) is 79.9 Å². The van der Waals surface area contributed by atoms with E-state index in [9.17, 15) is 14.0 Å². The minimum Gasteiger partial charge on any atom is -0.352 e. The molecule has 110 valence electrons. The molecule has 0 atom stereocenters. The first-order valence-electron chi connectivity index (χ1n) is 6.91. The Morgan fingerprint density at radius 2 is 1.59 bits per heavy atom. The quantitative estimate of drug-likeness (QED) is 0.753.